The van der Waals surface area contributed by atoms with Gasteiger partial charge in [0.2, 0.25) is 6.79 Å². The number of ether oxygens (including phenoxy) is 4. The lowest BCUT2D eigenvalue weighted by Crippen LogP contribution is -2.52. The van der Waals surface area contributed by atoms with Crippen molar-refractivity contribution in [3.8, 4) is 11.5 Å². The number of fused-ring (bicyclic) bond motifs is 1. The Morgan fingerprint density at radius 3 is 2.88 bits per heavy atom. The Bertz CT molecular complexity index is 637. The van der Waals surface area contributed by atoms with E-state index in [4.69, 9.17) is 18.9 Å². The Labute approximate surface area is 148 Å². The molecule has 136 valence electrons. The molecule has 6 nitrogen and oxygen atoms in total. The summed E-state index contributed by atoms with van der Waals surface area (Å²) in [4.78, 5) is 14.7. The van der Waals surface area contributed by atoms with Crippen LogP contribution >= 0.6 is 0 Å². The molecule has 1 spiro atoms. The summed E-state index contributed by atoms with van der Waals surface area (Å²) in [6, 6.07) is 5.39. The lowest BCUT2D eigenvalue weighted by Gasteiger charge is -2.46. The van der Waals surface area contributed by atoms with Crippen LogP contribution in [-0.4, -0.2) is 55.6 Å². The number of hydrogen-bond acceptors (Lipinski definition) is 5. The van der Waals surface area contributed by atoms with Crippen molar-refractivity contribution in [2.24, 2.45) is 0 Å². The summed E-state index contributed by atoms with van der Waals surface area (Å²) in [6.07, 6.45) is 3.93. The number of carbonyl (C=O) groups excluding carboxylic acids is 1. The molecule has 3 heterocycles. The molecule has 1 amide bonds. The summed E-state index contributed by atoms with van der Waals surface area (Å²) in [5, 5.41) is 0. The van der Waals surface area contributed by atoms with Crippen molar-refractivity contribution >= 4 is 5.91 Å². The summed E-state index contributed by atoms with van der Waals surface area (Å²) in [7, 11) is 0. The van der Waals surface area contributed by atoms with Crippen LogP contribution in [0.1, 0.15) is 43.0 Å². The second kappa shape index (κ2) is 6.84. The van der Waals surface area contributed by atoms with E-state index in [9.17, 15) is 4.79 Å². The number of benzene rings is 1. The molecule has 0 radical (unpaired) electrons. The molecule has 1 atom stereocenters. The molecule has 3 aliphatic rings. The maximum atomic E-state index is 12.8. The first-order valence-electron chi connectivity index (χ1n) is 9.14. The molecule has 0 N–H and O–H groups in total. The molecule has 4 rings (SSSR count). The minimum absolute atomic E-state index is 0.0466. The molecule has 1 unspecified atom stereocenters. The van der Waals surface area contributed by atoms with E-state index in [-0.39, 0.29) is 24.4 Å². The molecule has 2 saturated heterocycles. The highest BCUT2D eigenvalue weighted by Gasteiger charge is 2.41. The average molecular weight is 347 g/mol. The van der Waals surface area contributed by atoms with Crippen molar-refractivity contribution < 1.29 is 23.7 Å². The lowest BCUT2D eigenvalue weighted by atomic mass is 9.83. The molecule has 2 fully saturated rings. The van der Waals surface area contributed by atoms with E-state index >= 15 is 0 Å². The van der Waals surface area contributed by atoms with Gasteiger partial charge >= 0.3 is 0 Å². The number of carbonyl (C=O) groups is 1. The smallest absolute Gasteiger partial charge is 0.253 e. The molecular weight excluding hydrogens is 322 g/mol. The molecular formula is C19H25NO5. The van der Waals surface area contributed by atoms with Gasteiger partial charge in [-0.15, -0.1) is 0 Å². The first-order valence-corrected chi connectivity index (χ1v) is 9.14. The topological polar surface area (TPSA) is 57.2 Å². The number of rotatable bonds is 3. The van der Waals surface area contributed by atoms with Crippen molar-refractivity contribution in [1.82, 2.24) is 4.90 Å². The van der Waals surface area contributed by atoms with Crippen LogP contribution in [0.4, 0.5) is 0 Å². The summed E-state index contributed by atoms with van der Waals surface area (Å²) in [5.74, 6) is 1.39. The van der Waals surface area contributed by atoms with Gasteiger partial charge in [-0.3, -0.25) is 4.79 Å². The maximum Gasteiger partial charge on any atom is 0.253 e. The molecule has 1 aromatic carbocycles. The predicted molar refractivity (Wildman–Crippen MR) is 91.0 cm³/mol. The molecule has 0 aliphatic carbocycles. The molecule has 1 aromatic rings. The van der Waals surface area contributed by atoms with E-state index in [2.05, 4.69) is 0 Å². The second-order valence-corrected chi connectivity index (χ2v) is 6.96. The zero-order chi connectivity index (χ0) is 17.3. The van der Waals surface area contributed by atoms with Crippen molar-refractivity contribution in [2.45, 2.75) is 44.3 Å². The van der Waals surface area contributed by atoms with Crippen LogP contribution in [0, 0.1) is 0 Å². The molecule has 25 heavy (non-hydrogen) atoms. The van der Waals surface area contributed by atoms with Crippen LogP contribution in [0.5, 0.6) is 11.5 Å². The van der Waals surface area contributed by atoms with Crippen LogP contribution in [0.15, 0.2) is 18.2 Å². The highest BCUT2D eigenvalue weighted by molar-refractivity contribution is 5.95. The van der Waals surface area contributed by atoms with E-state index in [1.165, 1.54) is 0 Å². The zero-order valence-electron chi connectivity index (χ0n) is 14.7. The molecule has 6 heteroatoms. The Morgan fingerprint density at radius 2 is 2.08 bits per heavy atom. The van der Waals surface area contributed by atoms with Gasteiger partial charge in [0, 0.05) is 38.3 Å². The van der Waals surface area contributed by atoms with Crippen molar-refractivity contribution in [3.63, 3.8) is 0 Å². The maximum absolute atomic E-state index is 12.8. The van der Waals surface area contributed by atoms with Gasteiger partial charge in [0.15, 0.2) is 11.5 Å². The number of nitrogens with zero attached hydrogens (tertiary/aromatic N) is 1. The normalized spacial score (nSPS) is 24.5. The third-order valence-corrected chi connectivity index (χ3v) is 5.43. The van der Waals surface area contributed by atoms with Gasteiger partial charge < -0.3 is 23.8 Å². The molecule has 0 aromatic heterocycles. The minimum atomic E-state index is -0.121. The Morgan fingerprint density at radius 1 is 1.28 bits per heavy atom. The van der Waals surface area contributed by atoms with Crippen LogP contribution < -0.4 is 9.47 Å². The van der Waals surface area contributed by atoms with E-state index in [1.807, 2.05) is 17.9 Å². The van der Waals surface area contributed by atoms with Gasteiger partial charge in [0.25, 0.3) is 5.91 Å². The van der Waals surface area contributed by atoms with E-state index < -0.39 is 0 Å². The van der Waals surface area contributed by atoms with Gasteiger partial charge in [0.1, 0.15) is 0 Å². The van der Waals surface area contributed by atoms with Gasteiger partial charge in [-0.1, -0.05) is 0 Å². The Hall–Kier alpha value is -1.79. The summed E-state index contributed by atoms with van der Waals surface area (Å²) in [5.41, 5.74) is 0.529. The number of amides is 1. The largest absolute Gasteiger partial charge is 0.454 e. The summed E-state index contributed by atoms with van der Waals surface area (Å²) in [6.45, 7) is 5.18. The molecule has 0 bridgehead atoms. The fourth-order valence-electron chi connectivity index (χ4n) is 4.04. The molecule has 3 aliphatic heterocycles. The first kappa shape index (κ1) is 16.7. The second-order valence-electron chi connectivity index (χ2n) is 6.96. The van der Waals surface area contributed by atoms with Crippen LogP contribution in [0.2, 0.25) is 0 Å². The highest BCUT2D eigenvalue weighted by atomic mass is 16.7. The van der Waals surface area contributed by atoms with Crippen molar-refractivity contribution in [1.29, 1.82) is 0 Å². The zero-order valence-corrected chi connectivity index (χ0v) is 14.7. The van der Waals surface area contributed by atoms with Gasteiger partial charge in [0.05, 0.1) is 11.7 Å². The van der Waals surface area contributed by atoms with Crippen molar-refractivity contribution in [2.75, 3.05) is 33.1 Å². The monoisotopic (exact) mass is 347 g/mol. The third kappa shape index (κ3) is 3.33. The Balaban J connectivity index is 1.39. The van der Waals surface area contributed by atoms with E-state index in [0.29, 0.717) is 30.2 Å². The van der Waals surface area contributed by atoms with E-state index in [1.54, 1.807) is 12.1 Å². The lowest BCUT2D eigenvalue weighted by molar-refractivity contribution is -0.151. The minimum Gasteiger partial charge on any atom is -0.454 e. The molecule has 0 saturated carbocycles. The summed E-state index contributed by atoms with van der Waals surface area (Å²) < 4.78 is 22.6. The number of hydrogen-bond donors (Lipinski definition) is 0. The van der Waals surface area contributed by atoms with Crippen LogP contribution in [0.25, 0.3) is 0 Å². The van der Waals surface area contributed by atoms with Gasteiger partial charge in [-0.05, 0) is 44.4 Å². The van der Waals surface area contributed by atoms with Gasteiger partial charge in [-0.2, -0.15) is 0 Å². The fourth-order valence-corrected chi connectivity index (χ4v) is 4.04. The van der Waals surface area contributed by atoms with E-state index in [0.717, 1.165) is 38.9 Å². The highest BCUT2D eigenvalue weighted by Crippen LogP contribution is 2.37. The Kier molecular flexibility index (Phi) is 4.56. The SMILES string of the molecule is CCOC1CCOC2(CCN(C(=O)c3ccc4c(c3)OCO4)CC2)C1. The number of likely N-dealkylation sites (tertiary alicyclic amines) is 1. The van der Waals surface area contributed by atoms with Crippen LogP contribution in [0.3, 0.4) is 0 Å². The quantitative estimate of drug-likeness (QED) is 0.841. The van der Waals surface area contributed by atoms with Crippen molar-refractivity contribution in [3.05, 3.63) is 23.8 Å². The standard InChI is InChI=1S/C19H25NO5/c1-2-22-15-5-10-25-19(12-15)6-8-20(9-7-19)18(21)14-3-4-16-17(11-14)24-13-23-16/h3-4,11,15H,2,5-10,12-13H2,1H3. The fraction of sp³-hybridized carbons (Fsp3) is 0.632. The summed E-state index contributed by atoms with van der Waals surface area (Å²) >= 11 is 0. The number of piperidine rings is 1. The third-order valence-electron chi connectivity index (χ3n) is 5.43. The first-order chi connectivity index (χ1) is 12.2. The van der Waals surface area contributed by atoms with Gasteiger partial charge in [-0.25, -0.2) is 0 Å². The average Bonchev–Trinajstić information content (AvgIpc) is 3.10. The predicted octanol–water partition coefficient (Wildman–Crippen LogP) is 2.61. The van der Waals surface area contributed by atoms with Crippen LogP contribution in [-0.2, 0) is 9.47 Å².